The van der Waals surface area contributed by atoms with Crippen LogP contribution >= 0.6 is 0 Å². The van der Waals surface area contributed by atoms with Gasteiger partial charge in [-0.2, -0.15) is 5.10 Å². The van der Waals surface area contributed by atoms with Crippen LogP contribution in [0.5, 0.6) is 0 Å². The summed E-state index contributed by atoms with van der Waals surface area (Å²) in [4.78, 5) is 27.2. The van der Waals surface area contributed by atoms with Crippen LogP contribution in [0.3, 0.4) is 0 Å². The number of anilines is 1. The molecule has 2 aliphatic heterocycles. The van der Waals surface area contributed by atoms with Crippen LogP contribution in [0.15, 0.2) is 0 Å². The Morgan fingerprint density at radius 1 is 1.03 bits per heavy atom. The Labute approximate surface area is 191 Å². The fourth-order valence-electron chi connectivity index (χ4n) is 5.44. The van der Waals surface area contributed by atoms with E-state index in [1.807, 2.05) is 4.90 Å². The number of aromatic nitrogens is 4. The Morgan fingerprint density at radius 2 is 1.84 bits per heavy atom. The molecule has 7 heteroatoms. The molecule has 0 unspecified atom stereocenters. The molecule has 4 heterocycles. The van der Waals surface area contributed by atoms with Crippen molar-refractivity contribution >= 4 is 11.7 Å². The van der Waals surface area contributed by atoms with Gasteiger partial charge in [-0.25, -0.2) is 9.97 Å². The molecule has 2 aromatic heterocycles. The summed E-state index contributed by atoms with van der Waals surface area (Å²) in [6.45, 7) is 13.3. The summed E-state index contributed by atoms with van der Waals surface area (Å²) >= 11 is 0. The van der Waals surface area contributed by atoms with Gasteiger partial charge < -0.3 is 0 Å². The van der Waals surface area contributed by atoms with E-state index in [2.05, 4.69) is 37.3 Å². The SMILES string of the molecule is CCn1nc(C)c(CN2CCC[C@@H](c3nc(C)c4c(n3)N(CC3CC3)C(=O)CC4)C2)c1C. The van der Waals surface area contributed by atoms with Gasteiger partial charge in [-0.05, 0) is 72.3 Å². The van der Waals surface area contributed by atoms with Gasteiger partial charge in [0.1, 0.15) is 11.6 Å². The summed E-state index contributed by atoms with van der Waals surface area (Å²) < 4.78 is 2.10. The highest BCUT2D eigenvalue weighted by Crippen LogP contribution is 2.36. The van der Waals surface area contributed by atoms with Gasteiger partial charge in [0.05, 0.1) is 5.69 Å². The average molecular weight is 437 g/mol. The Kier molecular flexibility index (Phi) is 5.78. The monoisotopic (exact) mass is 436 g/mol. The first-order chi connectivity index (χ1) is 15.4. The maximum absolute atomic E-state index is 12.7. The minimum absolute atomic E-state index is 0.234. The van der Waals surface area contributed by atoms with Crippen molar-refractivity contribution in [2.24, 2.45) is 5.92 Å². The van der Waals surface area contributed by atoms with Gasteiger partial charge in [-0.3, -0.25) is 19.3 Å². The molecule has 1 amide bonds. The number of piperidine rings is 1. The Morgan fingerprint density at radius 3 is 2.56 bits per heavy atom. The minimum Gasteiger partial charge on any atom is -0.298 e. The number of hydrogen-bond acceptors (Lipinski definition) is 5. The van der Waals surface area contributed by atoms with E-state index >= 15 is 0 Å². The Bertz CT molecular complexity index is 1020. The molecule has 1 atom stereocenters. The van der Waals surface area contributed by atoms with Crippen molar-refractivity contribution < 1.29 is 4.79 Å². The van der Waals surface area contributed by atoms with E-state index in [0.717, 1.165) is 75.0 Å². The van der Waals surface area contributed by atoms with Gasteiger partial charge in [0.2, 0.25) is 5.91 Å². The number of carbonyl (C=O) groups excluding carboxylic acids is 1. The molecule has 0 aromatic carbocycles. The maximum Gasteiger partial charge on any atom is 0.228 e. The number of carbonyl (C=O) groups is 1. The van der Waals surface area contributed by atoms with Gasteiger partial charge in [0.25, 0.3) is 0 Å². The number of aryl methyl sites for hydroxylation is 3. The van der Waals surface area contributed by atoms with Crippen molar-refractivity contribution in [1.29, 1.82) is 0 Å². The molecule has 172 valence electrons. The van der Waals surface area contributed by atoms with Gasteiger partial charge in [-0.15, -0.1) is 0 Å². The molecule has 0 N–H and O–H groups in total. The highest BCUT2D eigenvalue weighted by molar-refractivity contribution is 5.95. The van der Waals surface area contributed by atoms with Crippen LogP contribution in [0.2, 0.25) is 0 Å². The van der Waals surface area contributed by atoms with Gasteiger partial charge in [0.15, 0.2) is 0 Å². The second kappa shape index (κ2) is 8.58. The molecule has 0 bridgehead atoms. The molecule has 2 aromatic rings. The zero-order valence-electron chi connectivity index (χ0n) is 20.0. The number of rotatable bonds is 6. The number of nitrogens with zero attached hydrogens (tertiary/aromatic N) is 6. The third kappa shape index (κ3) is 4.07. The fraction of sp³-hybridized carbons (Fsp3) is 0.680. The first kappa shape index (κ1) is 21.6. The number of likely N-dealkylation sites (tertiary alicyclic amines) is 1. The predicted octanol–water partition coefficient (Wildman–Crippen LogP) is 3.69. The number of hydrogen-bond donors (Lipinski definition) is 0. The molecule has 0 radical (unpaired) electrons. The summed E-state index contributed by atoms with van der Waals surface area (Å²) in [6, 6.07) is 0. The van der Waals surface area contributed by atoms with Crippen LogP contribution in [-0.2, 0) is 24.3 Å². The summed E-state index contributed by atoms with van der Waals surface area (Å²) in [5.41, 5.74) is 6.02. The topological polar surface area (TPSA) is 67.2 Å². The average Bonchev–Trinajstić information content (AvgIpc) is 3.57. The van der Waals surface area contributed by atoms with Gasteiger partial charge >= 0.3 is 0 Å². The zero-order valence-corrected chi connectivity index (χ0v) is 20.0. The zero-order chi connectivity index (χ0) is 22.4. The molecule has 0 spiro atoms. The van der Waals surface area contributed by atoms with Crippen molar-refractivity contribution in [1.82, 2.24) is 24.6 Å². The van der Waals surface area contributed by atoms with Crippen LogP contribution in [0.1, 0.15) is 79.0 Å². The predicted molar refractivity (Wildman–Crippen MR) is 125 cm³/mol. The third-order valence-corrected chi connectivity index (χ3v) is 7.58. The molecule has 5 rings (SSSR count). The second-order valence-electron chi connectivity index (χ2n) is 9.96. The van der Waals surface area contributed by atoms with E-state index in [4.69, 9.17) is 15.1 Å². The van der Waals surface area contributed by atoms with E-state index in [1.165, 1.54) is 29.7 Å². The molecular formula is C25H36N6O. The van der Waals surface area contributed by atoms with Gasteiger partial charge in [-0.1, -0.05) is 0 Å². The van der Waals surface area contributed by atoms with Crippen LogP contribution in [0.4, 0.5) is 5.82 Å². The van der Waals surface area contributed by atoms with Crippen molar-refractivity contribution in [3.05, 3.63) is 34.0 Å². The quantitative estimate of drug-likeness (QED) is 0.691. The van der Waals surface area contributed by atoms with Crippen molar-refractivity contribution in [3.8, 4) is 0 Å². The summed E-state index contributed by atoms with van der Waals surface area (Å²) in [6.07, 6.45) is 6.09. The Balaban J connectivity index is 1.38. The fourth-order valence-corrected chi connectivity index (χ4v) is 5.44. The molecule has 3 aliphatic rings. The summed E-state index contributed by atoms with van der Waals surface area (Å²) in [5, 5.41) is 4.70. The highest BCUT2D eigenvalue weighted by Gasteiger charge is 2.34. The first-order valence-electron chi connectivity index (χ1n) is 12.4. The molecule has 1 saturated heterocycles. The maximum atomic E-state index is 12.7. The summed E-state index contributed by atoms with van der Waals surface area (Å²) in [7, 11) is 0. The van der Waals surface area contributed by atoms with Crippen molar-refractivity contribution in [2.75, 3.05) is 24.5 Å². The lowest BCUT2D eigenvalue weighted by atomic mass is 9.95. The summed E-state index contributed by atoms with van der Waals surface area (Å²) in [5.74, 6) is 3.04. The minimum atomic E-state index is 0.234. The molecule has 1 aliphatic carbocycles. The smallest absolute Gasteiger partial charge is 0.228 e. The largest absolute Gasteiger partial charge is 0.298 e. The van der Waals surface area contributed by atoms with E-state index in [0.29, 0.717) is 18.3 Å². The Hall–Kier alpha value is -2.28. The lowest BCUT2D eigenvalue weighted by Crippen LogP contribution is -2.39. The molecular weight excluding hydrogens is 400 g/mol. The molecule has 1 saturated carbocycles. The van der Waals surface area contributed by atoms with Crippen molar-refractivity contribution in [2.45, 2.75) is 85.2 Å². The molecule has 2 fully saturated rings. The second-order valence-corrected chi connectivity index (χ2v) is 9.96. The lowest BCUT2D eigenvalue weighted by Gasteiger charge is -2.34. The van der Waals surface area contributed by atoms with Crippen LogP contribution in [-0.4, -0.2) is 50.2 Å². The van der Waals surface area contributed by atoms with E-state index < -0.39 is 0 Å². The molecule has 7 nitrogen and oxygen atoms in total. The van der Waals surface area contributed by atoms with Crippen LogP contribution < -0.4 is 4.90 Å². The van der Waals surface area contributed by atoms with Gasteiger partial charge in [0, 0.05) is 61.0 Å². The number of amides is 1. The standard InChI is InChI=1S/C25H36N6O/c1-5-31-18(4)22(17(3)28-31)15-29-12-6-7-20(14-29)24-26-16(2)21-10-11-23(32)30(25(21)27-24)13-19-8-9-19/h19-20H,5-15H2,1-4H3/t20-/m1/s1. The van der Waals surface area contributed by atoms with Crippen LogP contribution in [0, 0.1) is 26.7 Å². The highest BCUT2D eigenvalue weighted by atomic mass is 16.2. The first-order valence-corrected chi connectivity index (χ1v) is 12.4. The van der Waals surface area contributed by atoms with E-state index in [1.54, 1.807) is 0 Å². The van der Waals surface area contributed by atoms with E-state index in [-0.39, 0.29) is 5.91 Å². The van der Waals surface area contributed by atoms with Crippen LogP contribution in [0.25, 0.3) is 0 Å². The molecule has 32 heavy (non-hydrogen) atoms. The van der Waals surface area contributed by atoms with E-state index in [9.17, 15) is 4.79 Å². The lowest BCUT2D eigenvalue weighted by molar-refractivity contribution is -0.119. The van der Waals surface area contributed by atoms with Crippen molar-refractivity contribution in [3.63, 3.8) is 0 Å². The normalized spacial score (nSPS) is 21.8. The third-order valence-electron chi connectivity index (χ3n) is 7.58. The number of fused-ring (bicyclic) bond motifs is 1.